The van der Waals surface area contributed by atoms with Crippen molar-refractivity contribution in [3.63, 3.8) is 0 Å². The summed E-state index contributed by atoms with van der Waals surface area (Å²) in [5, 5.41) is 7.37. The molecule has 0 radical (unpaired) electrons. The van der Waals surface area contributed by atoms with Crippen LogP contribution in [0.4, 0.5) is 4.39 Å². The van der Waals surface area contributed by atoms with Crippen LogP contribution in [0.15, 0.2) is 53.1 Å². The SMILES string of the molecule is CC[C@@H](NCc1nc(-c2ccc(F)cc2)no1)c1ccc(OC)cc1. The number of ether oxygens (including phenoxy) is 1. The van der Waals surface area contributed by atoms with Gasteiger partial charge in [-0.1, -0.05) is 24.2 Å². The summed E-state index contributed by atoms with van der Waals surface area (Å²) in [6.07, 6.45) is 0.922. The first-order valence-electron chi connectivity index (χ1n) is 8.15. The molecule has 1 heterocycles. The summed E-state index contributed by atoms with van der Waals surface area (Å²) in [4.78, 5) is 4.35. The summed E-state index contributed by atoms with van der Waals surface area (Å²) in [7, 11) is 1.65. The van der Waals surface area contributed by atoms with Gasteiger partial charge in [-0.05, 0) is 48.4 Å². The van der Waals surface area contributed by atoms with Crippen molar-refractivity contribution in [2.45, 2.75) is 25.9 Å². The molecule has 2 aromatic carbocycles. The highest BCUT2D eigenvalue weighted by Crippen LogP contribution is 2.21. The zero-order valence-corrected chi connectivity index (χ0v) is 14.2. The predicted octanol–water partition coefficient (Wildman–Crippen LogP) is 4.13. The third-order valence-corrected chi connectivity index (χ3v) is 4.00. The number of methoxy groups -OCH3 is 1. The summed E-state index contributed by atoms with van der Waals surface area (Å²) >= 11 is 0. The lowest BCUT2D eigenvalue weighted by Gasteiger charge is -2.16. The van der Waals surface area contributed by atoms with Crippen LogP contribution in [0.3, 0.4) is 0 Å². The second kappa shape index (κ2) is 7.90. The fourth-order valence-electron chi connectivity index (χ4n) is 2.59. The lowest BCUT2D eigenvalue weighted by molar-refractivity contribution is 0.356. The molecule has 0 saturated heterocycles. The summed E-state index contributed by atoms with van der Waals surface area (Å²) in [5.41, 5.74) is 1.89. The molecule has 0 fully saturated rings. The molecule has 1 N–H and O–H groups in total. The minimum Gasteiger partial charge on any atom is -0.497 e. The molecular weight excluding hydrogens is 321 g/mol. The maximum Gasteiger partial charge on any atom is 0.240 e. The van der Waals surface area contributed by atoms with Crippen LogP contribution in [-0.2, 0) is 6.54 Å². The molecule has 0 spiro atoms. The Kier molecular flexibility index (Phi) is 5.40. The minimum atomic E-state index is -0.292. The number of rotatable bonds is 7. The van der Waals surface area contributed by atoms with Gasteiger partial charge in [0.1, 0.15) is 11.6 Å². The molecule has 3 rings (SSSR count). The Labute approximate surface area is 145 Å². The van der Waals surface area contributed by atoms with E-state index < -0.39 is 0 Å². The largest absolute Gasteiger partial charge is 0.497 e. The van der Waals surface area contributed by atoms with Crippen LogP contribution in [0.1, 0.15) is 30.8 Å². The lowest BCUT2D eigenvalue weighted by atomic mass is 10.0. The van der Waals surface area contributed by atoms with E-state index in [1.807, 2.05) is 24.3 Å². The molecule has 0 bridgehead atoms. The Morgan fingerprint density at radius 3 is 2.48 bits per heavy atom. The Balaban J connectivity index is 1.64. The van der Waals surface area contributed by atoms with E-state index in [2.05, 4.69) is 22.4 Å². The molecule has 0 amide bonds. The minimum absolute atomic E-state index is 0.173. The van der Waals surface area contributed by atoms with Crippen molar-refractivity contribution < 1.29 is 13.7 Å². The summed E-state index contributed by atoms with van der Waals surface area (Å²) in [6.45, 7) is 2.57. The van der Waals surface area contributed by atoms with Crippen molar-refractivity contribution in [3.05, 3.63) is 65.8 Å². The standard InChI is InChI=1S/C19H20FN3O2/c1-3-17(13-6-10-16(24-2)11-7-13)21-12-18-22-19(23-25-18)14-4-8-15(20)9-5-14/h4-11,17,21H,3,12H2,1-2H3/t17-/m1/s1. The summed E-state index contributed by atoms with van der Waals surface area (Å²) in [6, 6.07) is 14.1. The maximum absolute atomic E-state index is 13.0. The molecule has 1 atom stereocenters. The number of nitrogens with zero attached hydrogens (tertiary/aromatic N) is 2. The van der Waals surface area contributed by atoms with E-state index in [-0.39, 0.29) is 11.9 Å². The number of nitrogens with one attached hydrogen (secondary N) is 1. The van der Waals surface area contributed by atoms with Crippen LogP contribution in [0.25, 0.3) is 11.4 Å². The fraction of sp³-hybridized carbons (Fsp3) is 0.263. The smallest absolute Gasteiger partial charge is 0.240 e. The highest BCUT2D eigenvalue weighted by Gasteiger charge is 2.13. The Hall–Kier alpha value is -2.73. The molecule has 6 heteroatoms. The van der Waals surface area contributed by atoms with Gasteiger partial charge in [-0.2, -0.15) is 4.98 Å². The number of aromatic nitrogens is 2. The van der Waals surface area contributed by atoms with E-state index >= 15 is 0 Å². The van der Waals surface area contributed by atoms with Crippen LogP contribution in [-0.4, -0.2) is 17.3 Å². The highest BCUT2D eigenvalue weighted by molar-refractivity contribution is 5.53. The van der Waals surface area contributed by atoms with E-state index in [0.29, 0.717) is 18.3 Å². The van der Waals surface area contributed by atoms with Crippen LogP contribution < -0.4 is 10.1 Å². The van der Waals surface area contributed by atoms with Crippen molar-refractivity contribution in [1.82, 2.24) is 15.5 Å². The van der Waals surface area contributed by atoms with Gasteiger partial charge in [0.2, 0.25) is 11.7 Å². The molecule has 0 aliphatic carbocycles. The van der Waals surface area contributed by atoms with Crippen LogP contribution in [0.5, 0.6) is 5.75 Å². The van der Waals surface area contributed by atoms with Crippen molar-refractivity contribution >= 4 is 0 Å². The van der Waals surface area contributed by atoms with Crippen molar-refractivity contribution in [3.8, 4) is 17.1 Å². The van der Waals surface area contributed by atoms with Gasteiger partial charge in [0, 0.05) is 11.6 Å². The van der Waals surface area contributed by atoms with Crippen LogP contribution in [0, 0.1) is 5.82 Å². The normalized spacial score (nSPS) is 12.1. The van der Waals surface area contributed by atoms with Gasteiger partial charge in [-0.15, -0.1) is 0 Å². The zero-order chi connectivity index (χ0) is 17.6. The predicted molar refractivity (Wildman–Crippen MR) is 92.6 cm³/mol. The Morgan fingerprint density at radius 2 is 1.84 bits per heavy atom. The lowest BCUT2D eigenvalue weighted by Crippen LogP contribution is -2.20. The van der Waals surface area contributed by atoms with E-state index in [4.69, 9.17) is 9.26 Å². The Morgan fingerprint density at radius 1 is 1.12 bits per heavy atom. The molecule has 130 valence electrons. The number of hydrogen-bond donors (Lipinski definition) is 1. The second-order valence-electron chi connectivity index (χ2n) is 5.63. The van der Waals surface area contributed by atoms with Gasteiger partial charge in [0.05, 0.1) is 13.7 Å². The summed E-state index contributed by atoms with van der Waals surface area (Å²) in [5.74, 6) is 1.49. The van der Waals surface area contributed by atoms with E-state index in [0.717, 1.165) is 17.7 Å². The maximum atomic E-state index is 13.0. The molecule has 1 aromatic heterocycles. The molecular formula is C19H20FN3O2. The summed E-state index contributed by atoms with van der Waals surface area (Å²) < 4.78 is 23.4. The van der Waals surface area contributed by atoms with Crippen molar-refractivity contribution in [2.75, 3.05) is 7.11 Å². The third-order valence-electron chi connectivity index (χ3n) is 4.00. The number of hydrogen-bond acceptors (Lipinski definition) is 5. The fourth-order valence-corrected chi connectivity index (χ4v) is 2.59. The topological polar surface area (TPSA) is 60.2 Å². The zero-order valence-electron chi connectivity index (χ0n) is 14.2. The van der Waals surface area contributed by atoms with E-state index in [1.54, 1.807) is 19.2 Å². The highest BCUT2D eigenvalue weighted by atomic mass is 19.1. The molecule has 0 aliphatic heterocycles. The van der Waals surface area contributed by atoms with Crippen LogP contribution in [0.2, 0.25) is 0 Å². The molecule has 25 heavy (non-hydrogen) atoms. The molecule has 0 saturated carbocycles. The molecule has 5 nitrogen and oxygen atoms in total. The average Bonchev–Trinajstić information content (AvgIpc) is 3.12. The van der Waals surface area contributed by atoms with Gasteiger partial charge in [-0.3, -0.25) is 0 Å². The first-order valence-corrected chi connectivity index (χ1v) is 8.15. The van der Waals surface area contributed by atoms with Gasteiger partial charge in [0.25, 0.3) is 0 Å². The van der Waals surface area contributed by atoms with E-state index in [9.17, 15) is 4.39 Å². The van der Waals surface area contributed by atoms with Crippen LogP contribution >= 0.6 is 0 Å². The first-order chi connectivity index (χ1) is 12.2. The van der Waals surface area contributed by atoms with Gasteiger partial charge < -0.3 is 14.6 Å². The third kappa shape index (κ3) is 4.22. The first kappa shape index (κ1) is 17.1. The molecule has 3 aromatic rings. The van der Waals surface area contributed by atoms with Gasteiger partial charge >= 0.3 is 0 Å². The number of benzene rings is 2. The van der Waals surface area contributed by atoms with Crippen molar-refractivity contribution in [1.29, 1.82) is 0 Å². The average molecular weight is 341 g/mol. The molecule has 0 unspecified atom stereocenters. The quantitative estimate of drug-likeness (QED) is 0.700. The van der Waals surface area contributed by atoms with Crippen molar-refractivity contribution in [2.24, 2.45) is 0 Å². The second-order valence-corrected chi connectivity index (χ2v) is 5.63. The van der Waals surface area contributed by atoms with E-state index in [1.165, 1.54) is 17.7 Å². The monoisotopic (exact) mass is 341 g/mol. The number of halogens is 1. The van der Waals surface area contributed by atoms with Gasteiger partial charge in [-0.25, -0.2) is 4.39 Å². The Bertz CT molecular complexity index is 800. The molecule has 0 aliphatic rings. The van der Waals surface area contributed by atoms with Gasteiger partial charge in [0.15, 0.2) is 0 Å².